The van der Waals surface area contributed by atoms with E-state index in [1.54, 1.807) is 0 Å². The van der Waals surface area contributed by atoms with Gasteiger partial charge in [-0.25, -0.2) is 0 Å². The van der Waals surface area contributed by atoms with Crippen LogP contribution in [0.25, 0.3) is 60.5 Å². The third kappa shape index (κ3) is 6.14. The molecule has 12 rings (SSSR count). The van der Waals surface area contributed by atoms with Crippen molar-refractivity contribution in [1.82, 2.24) is 0 Å². The summed E-state index contributed by atoms with van der Waals surface area (Å²) >= 11 is 0. The molecule has 2 nitrogen and oxygen atoms in total. The summed E-state index contributed by atoms with van der Waals surface area (Å²) in [4.78, 5) is 2.59. The molecule has 1 atom stereocenters. The van der Waals surface area contributed by atoms with Crippen LogP contribution < -0.4 is 4.90 Å². The number of furan rings is 1. The van der Waals surface area contributed by atoms with Crippen LogP contribution in [0.5, 0.6) is 0 Å². The van der Waals surface area contributed by atoms with Crippen molar-refractivity contribution in [2.75, 3.05) is 4.90 Å². The largest absolute Gasteiger partial charge is 0.456 e. The maximum Gasteiger partial charge on any atom is 0.136 e. The number of benzene rings is 8. The summed E-state index contributed by atoms with van der Waals surface area (Å²) in [6.45, 7) is 4.84. The normalized spacial score (nSPS) is 17.1. The molecule has 9 aromatic rings. The highest BCUT2D eigenvalue weighted by Gasteiger charge is 2.39. The van der Waals surface area contributed by atoms with Crippen molar-refractivity contribution >= 4 is 55.3 Å². The van der Waals surface area contributed by atoms with Gasteiger partial charge in [0, 0.05) is 38.9 Å². The number of hydrogen-bond acceptors (Lipinski definition) is 2. The minimum Gasteiger partial charge on any atom is -0.456 e. The summed E-state index contributed by atoms with van der Waals surface area (Å²) in [7, 11) is 0. The molecule has 0 N–H and O–H groups in total. The van der Waals surface area contributed by atoms with Crippen LogP contribution >= 0.6 is 0 Å². The van der Waals surface area contributed by atoms with Gasteiger partial charge in [-0.3, -0.25) is 0 Å². The van der Waals surface area contributed by atoms with Crippen LogP contribution in [0, 0.1) is 0 Å². The topological polar surface area (TPSA) is 16.4 Å². The lowest BCUT2D eigenvalue weighted by molar-refractivity contribution is 0.445. The Labute approximate surface area is 370 Å². The molecule has 1 heterocycles. The van der Waals surface area contributed by atoms with E-state index in [4.69, 9.17) is 4.42 Å². The number of nitrogens with zero attached hydrogens (tertiary/aromatic N) is 1. The lowest BCUT2D eigenvalue weighted by atomic mass is 9.74. The minimum absolute atomic E-state index is 0.0424. The van der Waals surface area contributed by atoms with Crippen molar-refractivity contribution in [3.05, 3.63) is 216 Å². The van der Waals surface area contributed by atoms with Crippen LogP contribution in [0.15, 0.2) is 198 Å². The summed E-state index contributed by atoms with van der Waals surface area (Å²) in [6, 6.07) is 65.4. The average molecular weight is 814 g/mol. The van der Waals surface area contributed by atoms with Crippen molar-refractivity contribution in [2.45, 2.75) is 69.6 Å². The maximum absolute atomic E-state index is 6.51. The third-order valence-electron chi connectivity index (χ3n) is 14.7. The number of hydrogen-bond donors (Lipinski definition) is 0. The van der Waals surface area contributed by atoms with Gasteiger partial charge in [0.15, 0.2) is 0 Å². The van der Waals surface area contributed by atoms with Crippen LogP contribution in [-0.2, 0) is 5.41 Å². The molecule has 1 saturated carbocycles. The van der Waals surface area contributed by atoms with E-state index in [2.05, 4.69) is 207 Å². The first kappa shape index (κ1) is 37.8. The Hall–Kier alpha value is -6.90. The Morgan fingerprint density at radius 2 is 1.06 bits per heavy atom. The van der Waals surface area contributed by atoms with E-state index < -0.39 is 0 Å². The molecule has 2 heteroatoms. The van der Waals surface area contributed by atoms with Crippen molar-refractivity contribution in [1.29, 1.82) is 0 Å². The molecular formula is C61H51NO. The molecule has 3 aliphatic rings. The van der Waals surface area contributed by atoms with E-state index in [1.807, 2.05) is 0 Å². The molecular weight excluding hydrogens is 763 g/mol. The molecule has 0 aliphatic heterocycles. The zero-order chi connectivity index (χ0) is 42.1. The number of allylic oxidation sites excluding steroid dienone is 4. The molecule has 63 heavy (non-hydrogen) atoms. The van der Waals surface area contributed by atoms with Crippen molar-refractivity contribution in [2.24, 2.45) is 0 Å². The molecule has 306 valence electrons. The quantitative estimate of drug-likeness (QED) is 0.159. The Kier molecular flexibility index (Phi) is 9.11. The van der Waals surface area contributed by atoms with E-state index in [9.17, 15) is 0 Å². The van der Waals surface area contributed by atoms with E-state index in [0.29, 0.717) is 5.92 Å². The van der Waals surface area contributed by atoms with E-state index in [0.717, 1.165) is 45.2 Å². The predicted octanol–water partition coefficient (Wildman–Crippen LogP) is 17.4. The Morgan fingerprint density at radius 3 is 1.84 bits per heavy atom. The van der Waals surface area contributed by atoms with Crippen LogP contribution in [0.2, 0.25) is 0 Å². The lowest BCUT2D eigenvalue weighted by Crippen LogP contribution is -2.20. The predicted molar refractivity (Wildman–Crippen MR) is 265 cm³/mol. The van der Waals surface area contributed by atoms with Crippen molar-refractivity contribution in [3.8, 4) is 22.3 Å². The van der Waals surface area contributed by atoms with E-state index >= 15 is 0 Å². The van der Waals surface area contributed by atoms with Gasteiger partial charge < -0.3 is 9.32 Å². The third-order valence-corrected chi connectivity index (χ3v) is 14.7. The van der Waals surface area contributed by atoms with Crippen LogP contribution in [0.4, 0.5) is 17.1 Å². The summed E-state index contributed by atoms with van der Waals surface area (Å²) in [5.74, 6) is 0.758. The van der Waals surface area contributed by atoms with Gasteiger partial charge in [0.1, 0.15) is 11.2 Å². The van der Waals surface area contributed by atoms with Crippen molar-refractivity contribution < 1.29 is 4.42 Å². The molecule has 0 spiro atoms. The standard InChI is InChI=1S/C61H51NO/c1-61(2)52-31-11-6-24-45(52)46-38-37-42(39-53(46)61)43-23-7-12-32-54(43)62(56-34-14-9-26-48(56)50-30-18-36-58-60(50)51-27-10-15-35-57(51)63-58)55-33-13-8-25-47(55)49-29-17-22-41-21-16-28-44(59(41)49)40-19-4-3-5-20-40/h6-18,21-38,40,42H,3-5,19-20,39H2,1-2H3. The molecule has 0 amide bonds. The van der Waals surface area contributed by atoms with Crippen LogP contribution in [-0.4, -0.2) is 0 Å². The molecule has 1 unspecified atom stereocenters. The fourth-order valence-corrected chi connectivity index (χ4v) is 11.7. The SMILES string of the molecule is CC1(C)C2=C(C=CC(c3ccccc3N(c3ccccc3-c3cccc4cccc(C5CCCCC5)c34)c3ccccc3-c3cccc4oc5ccccc5c34)C2)c2ccccc21. The second kappa shape index (κ2) is 15.2. The molecule has 1 aromatic heterocycles. The molecule has 8 aromatic carbocycles. The second-order valence-electron chi connectivity index (χ2n) is 18.5. The maximum atomic E-state index is 6.51. The number of anilines is 3. The first-order chi connectivity index (χ1) is 31.0. The number of rotatable bonds is 7. The van der Waals surface area contributed by atoms with Gasteiger partial charge in [-0.2, -0.15) is 0 Å². The highest BCUT2D eigenvalue weighted by molar-refractivity contribution is 6.14. The molecule has 0 radical (unpaired) electrons. The Balaban J connectivity index is 1.10. The fourth-order valence-electron chi connectivity index (χ4n) is 11.7. The van der Waals surface area contributed by atoms with Gasteiger partial charge in [0.25, 0.3) is 0 Å². The first-order valence-corrected chi connectivity index (χ1v) is 23.1. The lowest BCUT2D eigenvalue weighted by Gasteiger charge is -2.34. The minimum atomic E-state index is -0.0424. The number of fused-ring (bicyclic) bond motifs is 6. The molecule has 1 fully saturated rings. The smallest absolute Gasteiger partial charge is 0.136 e. The van der Waals surface area contributed by atoms with Crippen LogP contribution in [0.3, 0.4) is 0 Å². The zero-order valence-corrected chi connectivity index (χ0v) is 36.2. The Bertz CT molecular complexity index is 3290. The van der Waals surface area contributed by atoms with Gasteiger partial charge in [-0.05, 0) is 105 Å². The fraction of sp³-hybridized carbons (Fsp3) is 0.180. The van der Waals surface area contributed by atoms with E-state index in [1.165, 1.54) is 98.8 Å². The number of para-hydroxylation sites is 4. The van der Waals surface area contributed by atoms with Gasteiger partial charge in [0.2, 0.25) is 0 Å². The van der Waals surface area contributed by atoms with Crippen LogP contribution in [0.1, 0.15) is 86.5 Å². The van der Waals surface area contributed by atoms with Gasteiger partial charge >= 0.3 is 0 Å². The van der Waals surface area contributed by atoms with Crippen molar-refractivity contribution in [3.63, 3.8) is 0 Å². The van der Waals surface area contributed by atoms with E-state index in [-0.39, 0.29) is 11.3 Å². The highest BCUT2D eigenvalue weighted by Crippen LogP contribution is 2.55. The molecule has 0 saturated heterocycles. The summed E-state index contributed by atoms with van der Waals surface area (Å²) in [6.07, 6.45) is 12.3. The first-order valence-electron chi connectivity index (χ1n) is 23.1. The summed E-state index contributed by atoms with van der Waals surface area (Å²) < 4.78 is 6.51. The second-order valence-corrected chi connectivity index (χ2v) is 18.5. The Morgan fingerprint density at radius 1 is 0.492 bits per heavy atom. The average Bonchev–Trinajstić information content (AvgIpc) is 3.84. The summed E-state index contributed by atoms with van der Waals surface area (Å²) in [5, 5.41) is 4.99. The van der Waals surface area contributed by atoms with Gasteiger partial charge in [0.05, 0.1) is 11.4 Å². The summed E-state index contributed by atoms with van der Waals surface area (Å²) in [5.41, 5.74) is 18.7. The zero-order valence-electron chi connectivity index (χ0n) is 36.2. The highest BCUT2D eigenvalue weighted by atomic mass is 16.3. The molecule has 0 bridgehead atoms. The molecule has 3 aliphatic carbocycles. The van der Waals surface area contributed by atoms with Gasteiger partial charge in [-0.1, -0.05) is 196 Å². The van der Waals surface area contributed by atoms with Gasteiger partial charge in [-0.15, -0.1) is 0 Å². The monoisotopic (exact) mass is 813 g/mol.